The quantitative estimate of drug-likeness (QED) is 0.635. The Hall–Kier alpha value is -3.46. The molecule has 2 aromatic rings. The smallest absolute Gasteiger partial charge is 0.266 e. The van der Waals surface area contributed by atoms with Crippen LogP contribution >= 0.6 is 0 Å². The van der Waals surface area contributed by atoms with Gasteiger partial charge < -0.3 is 19.5 Å². The fraction of sp³-hybridized carbons (Fsp3) is 0.200. The SMILES string of the molecule is COc1cc(/C=C(\C#N)C(=O)Nc2ccccc2C)cc(OC)c1OC. The van der Waals surface area contributed by atoms with E-state index in [0.717, 1.165) is 5.56 Å². The molecule has 2 aromatic carbocycles. The van der Waals surface area contributed by atoms with Crippen molar-refractivity contribution in [2.75, 3.05) is 26.6 Å². The maximum Gasteiger partial charge on any atom is 0.266 e. The molecule has 0 aliphatic rings. The fourth-order valence-electron chi connectivity index (χ4n) is 2.40. The van der Waals surface area contributed by atoms with E-state index >= 15 is 0 Å². The Morgan fingerprint density at radius 3 is 2.19 bits per heavy atom. The molecule has 1 N–H and O–H groups in total. The number of carbonyl (C=O) groups excluding carboxylic acids is 1. The standard InChI is InChI=1S/C20H20N2O4/c1-13-7-5-6-8-16(13)22-20(23)15(12-21)9-14-10-17(24-2)19(26-4)18(11-14)25-3/h5-11H,1-4H3,(H,22,23)/b15-9+. The van der Waals surface area contributed by atoms with Crippen molar-refractivity contribution >= 4 is 17.7 Å². The zero-order valence-corrected chi connectivity index (χ0v) is 15.1. The van der Waals surface area contributed by atoms with E-state index in [1.807, 2.05) is 31.2 Å². The van der Waals surface area contributed by atoms with Gasteiger partial charge in [-0.3, -0.25) is 4.79 Å². The van der Waals surface area contributed by atoms with E-state index in [0.29, 0.717) is 28.5 Å². The second-order valence-electron chi connectivity index (χ2n) is 5.40. The largest absolute Gasteiger partial charge is 0.493 e. The molecule has 0 saturated carbocycles. The van der Waals surface area contributed by atoms with Gasteiger partial charge in [-0.05, 0) is 42.3 Å². The Balaban J connectivity index is 2.38. The van der Waals surface area contributed by atoms with Crippen LogP contribution in [0.1, 0.15) is 11.1 Å². The van der Waals surface area contributed by atoms with E-state index in [-0.39, 0.29) is 5.57 Å². The molecule has 0 unspecified atom stereocenters. The number of amides is 1. The molecule has 0 aromatic heterocycles. The number of carbonyl (C=O) groups is 1. The average molecular weight is 352 g/mol. The highest BCUT2D eigenvalue weighted by Gasteiger charge is 2.15. The molecule has 6 nitrogen and oxygen atoms in total. The van der Waals surface area contributed by atoms with Crippen molar-refractivity contribution in [2.45, 2.75) is 6.92 Å². The summed E-state index contributed by atoms with van der Waals surface area (Å²) in [5.41, 5.74) is 2.10. The van der Waals surface area contributed by atoms with Crippen molar-refractivity contribution in [1.29, 1.82) is 5.26 Å². The predicted octanol–water partition coefficient (Wildman–Crippen LogP) is 3.57. The molecule has 26 heavy (non-hydrogen) atoms. The second kappa shape index (κ2) is 8.58. The van der Waals surface area contributed by atoms with Gasteiger partial charge in [0.05, 0.1) is 21.3 Å². The molecule has 0 spiro atoms. The van der Waals surface area contributed by atoms with Crippen molar-refractivity contribution in [3.8, 4) is 23.3 Å². The Bertz CT molecular complexity index is 857. The molecule has 0 saturated heterocycles. The first kappa shape index (κ1) is 18.9. The molecule has 0 atom stereocenters. The number of anilines is 1. The van der Waals surface area contributed by atoms with Gasteiger partial charge >= 0.3 is 0 Å². The monoisotopic (exact) mass is 352 g/mol. The zero-order chi connectivity index (χ0) is 19.1. The molecule has 2 rings (SSSR count). The first-order valence-corrected chi connectivity index (χ1v) is 7.82. The van der Waals surface area contributed by atoms with Crippen LogP contribution in [0, 0.1) is 18.3 Å². The van der Waals surface area contributed by atoms with Crippen molar-refractivity contribution in [1.82, 2.24) is 0 Å². The van der Waals surface area contributed by atoms with Crippen molar-refractivity contribution < 1.29 is 19.0 Å². The summed E-state index contributed by atoms with van der Waals surface area (Å²) in [4.78, 5) is 12.4. The number of nitrogens with one attached hydrogen (secondary N) is 1. The highest BCUT2D eigenvalue weighted by molar-refractivity contribution is 6.10. The molecule has 0 aliphatic carbocycles. The minimum atomic E-state index is -0.490. The van der Waals surface area contributed by atoms with Crippen LogP contribution in [0.15, 0.2) is 42.0 Å². The lowest BCUT2D eigenvalue weighted by Gasteiger charge is -2.13. The van der Waals surface area contributed by atoms with Gasteiger partial charge in [0.1, 0.15) is 11.6 Å². The summed E-state index contributed by atoms with van der Waals surface area (Å²) in [5.74, 6) is 0.829. The minimum absolute atomic E-state index is 0.0393. The summed E-state index contributed by atoms with van der Waals surface area (Å²) < 4.78 is 15.8. The lowest BCUT2D eigenvalue weighted by molar-refractivity contribution is -0.112. The van der Waals surface area contributed by atoms with Gasteiger partial charge in [0.2, 0.25) is 5.75 Å². The van der Waals surface area contributed by atoms with Gasteiger partial charge in [-0.1, -0.05) is 18.2 Å². The van der Waals surface area contributed by atoms with E-state index < -0.39 is 5.91 Å². The van der Waals surface area contributed by atoms with Crippen LogP contribution in [0.2, 0.25) is 0 Å². The van der Waals surface area contributed by atoms with Crippen LogP contribution in [-0.4, -0.2) is 27.2 Å². The van der Waals surface area contributed by atoms with Gasteiger partial charge in [-0.15, -0.1) is 0 Å². The summed E-state index contributed by atoms with van der Waals surface area (Å²) in [5, 5.41) is 12.1. The Kier molecular flexibility index (Phi) is 6.23. The molecule has 134 valence electrons. The summed E-state index contributed by atoms with van der Waals surface area (Å²) in [6, 6.07) is 12.6. The summed E-state index contributed by atoms with van der Waals surface area (Å²) in [6.45, 7) is 1.88. The van der Waals surface area contributed by atoms with Crippen molar-refractivity contribution in [3.05, 3.63) is 53.1 Å². The molecule has 6 heteroatoms. The van der Waals surface area contributed by atoms with Crippen LogP contribution in [0.25, 0.3) is 6.08 Å². The lowest BCUT2D eigenvalue weighted by Crippen LogP contribution is -2.14. The average Bonchev–Trinajstić information content (AvgIpc) is 2.66. The lowest BCUT2D eigenvalue weighted by atomic mass is 10.1. The van der Waals surface area contributed by atoms with Crippen LogP contribution in [-0.2, 0) is 4.79 Å². The summed E-state index contributed by atoms with van der Waals surface area (Å²) >= 11 is 0. The number of hydrogen-bond donors (Lipinski definition) is 1. The molecule has 0 aliphatic heterocycles. The number of rotatable bonds is 6. The minimum Gasteiger partial charge on any atom is -0.493 e. The Morgan fingerprint density at radius 2 is 1.69 bits per heavy atom. The van der Waals surface area contributed by atoms with Gasteiger partial charge in [-0.2, -0.15) is 5.26 Å². The highest BCUT2D eigenvalue weighted by Crippen LogP contribution is 2.38. The van der Waals surface area contributed by atoms with E-state index in [2.05, 4.69) is 5.32 Å². The maximum atomic E-state index is 12.4. The number of aryl methyl sites for hydroxylation is 1. The summed E-state index contributed by atoms with van der Waals surface area (Å²) in [7, 11) is 4.51. The predicted molar refractivity (Wildman–Crippen MR) is 99.5 cm³/mol. The molecule has 1 amide bonds. The molecule has 0 fully saturated rings. The number of ether oxygens (including phenoxy) is 3. The van der Waals surface area contributed by atoms with Gasteiger partial charge in [-0.25, -0.2) is 0 Å². The van der Waals surface area contributed by atoms with E-state index in [4.69, 9.17) is 14.2 Å². The third kappa shape index (κ3) is 4.14. The van der Waals surface area contributed by atoms with Gasteiger partial charge in [0.15, 0.2) is 11.5 Å². The number of methoxy groups -OCH3 is 3. The zero-order valence-electron chi connectivity index (χ0n) is 15.1. The normalized spacial score (nSPS) is 10.7. The second-order valence-corrected chi connectivity index (χ2v) is 5.40. The third-order valence-corrected chi connectivity index (χ3v) is 3.76. The van der Waals surface area contributed by atoms with Crippen LogP contribution < -0.4 is 19.5 Å². The Morgan fingerprint density at radius 1 is 1.08 bits per heavy atom. The number of benzene rings is 2. The van der Waals surface area contributed by atoms with E-state index in [1.165, 1.54) is 27.4 Å². The molecule has 0 bridgehead atoms. The highest BCUT2D eigenvalue weighted by atomic mass is 16.5. The summed E-state index contributed by atoms with van der Waals surface area (Å²) in [6.07, 6.45) is 1.47. The molecular weight excluding hydrogens is 332 g/mol. The fourth-order valence-corrected chi connectivity index (χ4v) is 2.40. The Labute approximate surface area is 152 Å². The maximum absolute atomic E-state index is 12.4. The molecular formula is C20H20N2O4. The van der Waals surface area contributed by atoms with Crippen LogP contribution in [0.3, 0.4) is 0 Å². The van der Waals surface area contributed by atoms with Crippen molar-refractivity contribution in [3.63, 3.8) is 0 Å². The van der Waals surface area contributed by atoms with Gasteiger partial charge in [0, 0.05) is 5.69 Å². The van der Waals surface area contributed by atoms with E-state index in [9.17, 15) is 10.1 Å². The van der Waals surface area contributed by atoms with Crippen molar-refractivity contribution in [2.24, 2.45) is 0 Å². The first-order valence-electron chi connectivity index (χ1n) is 7.82. The number of nitrogens with zero attached hydrogens (tertiary/aromatic N) is 1. The van der Waals surface area contributed by atoms with Crippen LogP contribution in [0.5, 0.6) is 17.2 Å². The molecule has 0 radical (unpaired) electrons. The molecule has 0 heterocycles. The number of hydrogen-bond acceptors (Lipinski definition) is 5. The van der Waals surface area contributed by atoms with E-state index in [1.54, 1.807) is 18.2 Å². The number of nitriles is 1. The first-order chi connectivity index (χ1) is 12.5. The van der Waals surface area contributed by atoms with Gasteiger partial charge in [0.25, 0.3) is 5.91 Å². The van der Waals surface area contributed by atoms with Crippen LogP contribution in [0.4, 0.5) is 5.69 Å². The third-order valence-electron chi connectivity index (χ3n) is 3.76. The topological polar surface area (TPSA) is 80.6 Å². The number of para-hydroxylation sites is 1.